The van der Waals surface area contributed by atoms with Crippen LogP contribution in [-0.2, 0) is 13.1 Å². The van der Waals surface area contributed by atoms with Crippen LogP contribution in [0.15, 0.2) is 12.1 Å². The van der Waals surface area contributed by atoms with Crippen molar-refractivity contribution < 1.29 is 9.47 Å². The Morgan fingerprint density at radius 3 is 2.74 bits per heavy atom. The lowest BCUT2D eigenvalue weighted by Crippen LogP contribution is -2.14. The molecule has 0 saturated carbocycles. The maximum atomic E-state index is 6.26. The lowest BCUT2D eigenvalue weighted by Gasteiger charge is -2.12. The van der Waals surface area contributed by atoms with Gasteiger partial charge in [-0.15, -0.1) is 10.2 Å². The number of hydrogen-bond donors (Lipinski definition) is 2. The van der Waals surface area contributed by atoms with E-state index in [9.17, 15) is 0 Å². The monoisotopic (exact) mass is 283 g/mol. The fraction of sp³-hybridized carbons (Fsp3) is 0.364. The molecule has 0 aliphatic heterocycles. The third kappa shape index (κ3) is 3.12. The van der Waals surface area contributed by atoms with Gasteiger partial charge in [0, 0.05) is 6.54 Å². The van der Waals surface area contributed by atoms with Crippen LogP contribution in [0.1, 0.15) is 11.4 Å². The zero-order valence-corrected chi connectivity index (χ0v) is 11.4. The highest BCUT2D eigenvalue weighted by molar-refractivity contribution is 6.33. The van der Waals surface area contributed by atoms with E-state index < -0.39 is 0 Å². The summed E-state index contributed by atoms with van der Waals surface area (Å²) >= 11 is 6.26. The summed E-state index contributed by atoms with van der Waals surface area (Å²) in [6.45, 7) is 1.06. The van der Waals surface area contributed by atoms with Crippen molar-refractivity contribution in [1.82, 2.24) is 25.9 Å². The summed E-state index contributed by atoms with van der Waals surface area (Å²) in [6.07, 6.45) is 0. The molecule has 0 unspecified atom stereocenters. The number of halogens is 1. The van der Waals surface area contributed by atoms with E-state index in [4.69, 9.17) is 21.1 Å². The van der Waals surface area contributed by atoms with Crippen LogP contribution < -0.4 is 14.8 Å². The van der Waals surface area contributed by atoms with Gasteiger partial charge in [0.05, 0.1) is 25.8 Å². The molecule has 0 atom stereocenters. The van der Waals surface area contributed by atoms with Crippen LogP contribution in [0.3, 0.4) is 0 Å². The van der Waals surface area contributed by atoms with E-state index in [-0.39, 0.29) is 0 Å². The van der Waals surface area contributed by atoms with E-state index in [0.29, 0.717) is 35.4 Å². The second kappa shape index (κ2) is 6.35. The third-order valence-electron chi connectivity index (χ3n) is 2.55. The van der Waals surface area contributed by atoms with Crippen LogP contribution in [0.25, 0.3) is 0 Å². The number of nitrogens with one attached hydrogen (secondary N) is 2. The molecular formula is C11H14ClN5O2. The first-order valence-electron chi connectivity index (χ1n) is 5.58. The van der Waals surface area contributed by atoms with Gasteiger partial charge in [0.15, 0.2) is 17.3 Å². The van der Waals surface area contributed by atoms with Crippen molar-refractivity contribution in [3.63, 3.8) is 0 Å². The maximum absolute atomic E-state index is 6.26. The Labute approximate surface area is 115 Å². The van der Waals surface area contributed by atoms with Crippen LogP contribution in [0.4, 0.5) is 0 Å². The Bertz CT molecular complexity index is 532. The van der Waals surface area contributed by atoms with Crippen molar-refractivity contribution in [2.75, 3.05) is 14.2 Å². The van der Waals surface area contributed by atoms with Gasteiger partial charge in [-0.2, -0.15) is 5.21 Å². The van der Waals surface area contributed by atoms with Crippen molar-refractivity contribution in [2.24, 2.45) is 0 Å². The third-order valence-corrected chi connectivity index (χ3v) is 2.97. The summed E-state index contributed by atoms with van der Waals surface area (Å²) in [5.41, 5.74) is 0.905. The Hall–Kier alpha value is -1.86. The van der Waals surface area contributed by atoms with Gasteiger partial charge in [0.2, 0.25) is 0 Å². The van der Waals surface area contributed by atoms with Crippen LogP contribution in [0.5, 0.6) is 11.5 Å². The van der Waals surface area contributed by atoms with E-state index in [1.807, 2.05) is 12.1 Å². The molecule has 2 N–H and O–H groups in total. The predicted octanol–water partition coefficient (Wildman–Crippen LogP) is 1.16. The molecule has 0 amide bonds. The first-order valence-corrected chi connectivity index (χ1v) is 5.96. The number of benzene rings is 1. The molecule has 1 aromatic heterocycles. The lowest BCUT2D eigenvalue weighted by atomic mass is 10.2. The Morgan fingerprint density at radius 1 is 1.26 bits per heavy atom. The molecule has 2 rings (SSSR count). The van der Waals surface area contributed by atoms with Gasteiger partial charge < -0.3 is 14.8 Å². The van der Waals surface area contributed by atoms with Crippen molar-refractivity contribution in [2.45, 2.75) is 13.1 Å². The number of ether oxygens (including phenoxy) is 2. The lowest BCUT2D eigenvalue weighted by molar-refractivity contribution is 0.354. The molecule has 0 aliphatic rings. The van der Waals surface area contributed by atoms with E-state index in [1.165, 1.54) is 0 Å². The fourth-order valence-corrected chi connectivity index (χ4v) is 1.93. The molecular weight excluding hydrogens is 270 g/mol. The minimum absolute atomic E-state index is 0.501. The summed E-state index contributed by atoms with van der Waals surface area (Å²) < 4.78 is 10.4. The number of aromatic nitrogens is 4. The van der Waals surface area contributed by atoms with E-state index in [2.05, 4.69) is 25.9 Å². The second-order valence-corrected chi connectivity index (χ2v) is 4.08. The highest BCUT2D eigenvalue weighted by atomic mass is 35.5. The molecule has 2 aromatic rings. The molecule has 0 saturated heterocycles. The van der Waals surface area contributed by atoms with Crippen molar-refractivity contribution in [3.8, 4) is 11.5 Å². The first-order chi connectivity index (χ1) is 9.26. The van der Waals surface area contributed by atoms with Gasteiger partial charge in [-0.1, -0.05) is 22.9 Å². The molecule has 0 radical (unpaired) electrons. The number of aromatic amines is 1. The van der Waals surface area contributed by atoms with Crippen molar-refractivity contribution in [3.05, 3.63) is 28.5 Å². The number of tetrazole rings is 1. The number of rotatable bonds is 6. The number of methoxy groups -OCH3 is 2. The predicted molar refractivity (Wildman–Crippen MR) is 69.3 cm³/mol. The van der Waals surface area contributed by atoms with E-state index in [0.717, 1.165) is 5.56 Å². The Morgan fingerprint density at radius 2 is 2.11 bits per heavy atom. The van der Waals surface area contributed by atoms with Crippen molar-refractivity contribution in [1.29, 1.82) is 0 Å². The smallest absolute Gasteiger partial charge is 0.188 e. The topological polar surface area (TPSA) is 85.0 Å². The highest BCUT2D eigenvalue weighted by Gasteiger charge is 2.12. The molecule has 1 heterocycles. The summed E-state index contributed by atoms with van der Waals surface area (Å²) in [4.78, 5) is 0. The van der Waals surface area contributed by atoms with Crippen LogP contribution in [-0.4, -0.2) is 34.8 Å². The zero-order valence-electron chi connectivity index (χ0n) is 10.6. The quantitative estimate of drug-likeness (QED) is 0.827. The molecule has 8 heteroatoms. The second-order valence-electron chi connectivity index (χ2n) is 3.71. The van der Waals surface area contributed by atoms with Crippen LogP contribution in [0, 0.1) is 0 Å². The molecule has 1 aromatic carbocycles. The van der Waals surface area contributed by atoms with Crippen LogP contribution in [0.2, 0.25) is 5.02 Å². The standard InChI is InChI=1S/C11H14ClN5O2/c1-18-8-4-3-7(10(12)11(8)19-2)5-13-6-9-14-16-17-15-9/h3-4,13H,5-6H2,1-2H3,(H,14,15,16,17). The summed E-state index contributed by atoms with van der Waals surface area (Å²) in [7, 11) is 3.13. The average molecular weight is 284 g/mol. The zero-order chi connectivity index (χ0) is 13.7. The van der Waals surface area contributed by atoms with Gasteiger partial charge in [0.25, 0.3) is 0 Å². The minimum Gasteiger partial charge on any atom is -0.493 e. The first kappa shape index (κ1) is 13.6. The maximum Gasteiger partial charge on any atom is 0.188 e. The van der Waals surface area contributed by atoms with E-state index in [1.54, 1.807) is 14.2 Å². The van der Waals surface area contributed by atoms with Gasteiger partial charge in [-0.25, -0.2) is 0 Å². The molecule has 0 spiro atoms. The van der Waals surface area contributed by atoms with Gasteiger partial charge in [-0.3, -0.25) is 0 Å². The SMILES string of the molecule is COc1ccc(CNCc2nn[nH]n2)c(Cl)c1OC. The number of hydrogen-bond acceptors (Lipinski definition) is 6. The molecule has 0 bridgehead atoms. The van der Waals surface area contributed by atoms with E-state index >= 15 is 0 Å². The molecule has 0 fully saturated rings. The van der Waals surface area contributed by atoms with Crippen LogP contribution >= 0.6 is 11.6 Å². The summed E-state index contributed by atoms with van der Waals surface area (Å²) in [6, 6.07) is 3.70. The number of nitrogens with zero attached hydrogens (tertiary/aromatic N) is 3. The highest BCUT2D eigenvalue weighted by Crippen LogP contribution is 2.37. The fourth-order valence-electron chi connectivity index (χ4n) is 1.63. The minimum atomic E-state index is 0.501. The Balaban J connectivity index is 2.04. The van der Waals surface area contributed by atoms with Gasteiger partial charge >= 0.3 is 0 Å². The summed E-state index contributed by atoms with van der Waals surface area (Å²) in [5.74, 6) is 1.73. The Kier molecular flexibility index (Phi) is 4.53. The van der Waals surface area contributed by atoms with Crippen molar-refractivity contribution >= 4 is 11.6 Å². The largest absolute Gasteiger partial charge is 0.493 e. The average Bonchev–Trinajstić information content (AvgIpc) is 2.93. The summed E-state index contributed by atoms with van der Waals surface area (Å²) in [5, 5.41) is 17.3. The molecule has 19 heavy (non-hydrogen) atoms. The molecule has 0 aliphatic carbocycles. The molecule has 102 valence electrons. The van der Waals surface area contributed by atoms with Gasteiger partial charge in [0.1, 0.15) is 0 Å². The normalized spacial score (nSPS) is 10.5. The number of H-pyrrole nitrogens is 1. The molecule has 7 nitrogen and oxygen atoms in total. The van der Waals surface area contributed by atoms with Gasteiger partial charge in [-0.05, 0) is 11.6 Å².